The van der Waals surface area contributed by atoms with E-state index in [9.17, 15) is 10.1 Å². The molecule has 1 aromatic carbocycles. The van der Waals surface area contributed by atoms with Crippen LogP contribution in [0.1, 0.15) is 23.1 Å². The number of rotatable bonds is 4. The first-order chi connectivity index (χ1) is 7.56. The van der Waals surface area contributed by atoms with Gasteiger partial charge in [-0.15, -0.1) is 0 Å². The highest BCUT2D eigenvalue weighted by atomic mass is 32.1. The molecule has 0 N–H and O–H groups in total. The van der Waals surface area contributed by atoms with Crippen molar-refractivity contribution in [3.8, 4) is 0 Å². The van der Waals surface area contributed by atoms with Gasteiger partial charge >= 0.3 is 0 Å². The highest BCUT2D eigenvalue weighted by molar-refractivity contribution is 7.80. The Bertz CT molecular complexity index is 427. The van der Waals surface area contributed by atoms with Gasteiger partial charge < -0.3 is 0 Å². The Morgan fingerprint density at radius 1 is 1.38 bits per heavy atom. The van der Waals surface area contributed by atoms with Crippen LogP contribution in [0.3, 0.4) is 0 Å². The van der Waals surface area contributed by atoms with Crippen LogP contribution in [0, 0.1) is 24.0 Å². The topological polar surface area (TPSA) is 43.1 Å². The number of allylic oxidation sites excluding steroid dienone is 1. The molecule has 1 aromatic rings. The molecule has 0 bridgehead atoms. The average molecular weight is 237 g/mol. The van der Waals surface area contributed by atoms with Crippen molar-refractivity contribution < 1.29 is 4.92 Å². The van der Waals surface area contributed by atoms with E-state index in [0.29, 0.717) is 5.56 Å². The summed E-state index contributed by atoms with van der Waals surface area (Å²) in [5.74, 6) is 0.781. The van der Waals surface area contributed by atoms with Crippen molar-refractivity contribution in [2.24, 2.45) is 0 Å². The molecular weight excluding hydrogens is 222 g/mol. The van der Waals surface area contributed by atoms with Crippen molar-refractivity contribution in [3.05, 3.63) is 45.0 Å². The van der Waals surface area contributed by atoms with Crippen LogP contribution in [-0.4, -0.2) is 10.7 Å². The highest BCUT2D eigenvalue weighted by Gasteiger charge is 2.11. The maximum atomic E-state index is 10.8. The minimum atomic E-state index is -0.343. The lowest BCUT2D eigenvalue weighted by atomic mass is 10.0. The number of hydrogen-bond acceptors (Lipinski definition) is 3. The number of benzene rings is 1. The molecule has 0 aliphatic carbocycles. The number of thiol groups is 1. The Morgan fingerprint density at radius 3 is 2.62 bits per heavy atom. The molecule has 0 aromatic heterocycles. The third-order valence-corrected chi connectivity index (χ3v) is 2.63. The van der Waals surface area contributed by atoms with Gasteiger partial charge in [-0.25, -0.2) is 0 Å². The Labute approximate surface area is 101 Å². The molecule has 16 heavy (non-hydrogen) atoms. The van der Waals surface area contributed by atoms with Crippen LogP contribution in [0.4, 0.5) is 5.69 Å². The summed E-state index contributed by atoms with van der Waals surface area (Å²) in [6.07, 6.45) is 4.76. The molecule has 0 amide bonds. The lowest BCUT2D eigenvalue weighted by molar-refractivity contribution is -0.385. The third kappa shape index (κ3) is 3.10. The molecule has 0 atom stereocenters. The fourth-order valence-corrected chi connectivity index (χ4v) is 1.67. The van der Waals surface area contributed by atoms with Gasteiger partial charge in [0, 0.05) is 11.6 Å². The highest BCUT2D eigenvalue weighted by Crippen LogP contribution is 2.23. The molecule has 0 unspecified atom stereocenters. The van der Waals surface area contributed by atoms with Crippen molar-refractivity contribution >= 4 is 24.4 Å². The van der Waals surface area contributed by atoms with E-state index in [1.165, 1.54) is 0 Å². The molecular formula is C12H15NO2S. The molecule has 0 saturated heterocycles. The number of nitro groups is 1. The fourth-order valence-electron chi connectivity index (χ4n) is 1.52. The summed E-state index contributed by atoms with van der Waals surface area (Å²) in [6.45, 7) is 3.71. The van der Waals surface area contributed by atoms with Crippen LogP contribution in [0.25, 0.3) is 6.08 Å². The first kappa shape index (κ1) is 12.8. The van der Waals surface area contributed by atoms with E-state index < -0.39 is 0 Å². The van der Waals surface area contributed by atoms with Crippen LogP contribution in [0.5, 0.6) is 0 Å². The molecule has 4 heteroatoms. The number of nitro benzene ring substituents is 1. The minimum Gasteiger partial charge on any atom is -0.258 e. The van der Waals surface area contributed by atoms with Crippen LogP contribution < -0.4 is 0 Å². The summed E-state index contributed by atoms with van der Waals surface area (Å²) in [6, 6.07) is 3.47. The monoisotopic (exact) mass is 237 g/mol. The van der Waals surface area contributed by atoms with Gasteiger partial charge in [0.1, 0.15) is 0 Å². The maximum Gasteiger partial charge on any atom is 0.272 e. The van der Waals surface area contributed by atoms with E-state index in [4.69, 9.17) is 0 Å². The lowest BCUT2D eigenvalue weighted by Gasteiger charge is -2.03. The zero-order chi connectivity index (χ0) is 12.1. The zero-order valence-corrected chi connectivity index (χ0v) is 10.3. The quantitative estimate of drug-likeness (QED) is 0.494. The van der Waals surface area contributed by atoms with Crippen molar-refractivity contribution in [2.45, 2.75) is 20.3 Å². The molecule has 0 aliphatic heterocycles. The Hall–Kier alpha value is -1.29. The van der Waals surface area contributed by atoms with E-state index >= 15 is 0 Å². The van der Waals surface area contributed by atoms with Crippen molar-refractivity contribution in [1.82, 2.24) is 0 Å². The first-order valence-electron chi connectivity index (χ1n) is 5.09. The molecule has 0 saturated carbocycles. The predicted octanol–water partition coefficient (Wildman–Crippen LogP) is 3.54. The van der Waals surface area contributed by atoms with Crippen LogP contribution in [-0.2, 0) is 0 Å². The molecule has 1 rings (SSSR count). The van der Waals surface area contributed by atoms with E-state index in [0.717, 1.165) is 23.3 Å². The van der Waals surface area contributed by atoms with Gasteiger partial charge in [-0.05, 0) is 43.2 Å². The molecule has 0 heterocycles. The van der Waals surface area contributed by atoms with Gasteiger partial charge in [0.2, 0.25) is 0 Å². The predicted molar refractivity (Wildman–Crippen MR) is 70.1 cm³/mol. The van der Waals surface area contributed by atoms with Gasteiger partial charge in [-0.2, -0.15) is 12.6 Å². The first-order valence-corrected chi connectivity index (χ1v) is 5.72. The maximum absolute atomic E-state index is 10.8. The Balaban J connectivity index is 3.09. The van der Waals surface area contributed by atoms with Crippen molar-refractivity contribution in [2.75, 3.05) is 5.75 Å². The van der Waals surface area contributed by atoms with Crippen LogP contribution in [0.15, 0.2) is 18.2 Å². The SMILES string of the molecule is Cc1cc(C)c([N+](=O)[O-])cc1C=CCCS. The number of nitrogens with zero attached hydrogens (tertiary/aromatic N) is 1. The molecule has 0 fully saturated rings. The summed E-state index contributed by atoms with van der Waals surface area (Å²) in [4.78, 5) is 10.4. The lowest BCUT2D eigenvalue weighted by Crippen LogP contribution is -1.94. The zero-order valence-electron chi connectivity index (χ0n) is 9.43. The van der Waals surface area contributed by atoms with Crippen molar-refractivity contribution in [3.63, 3.8) is 0 Å². The van der Waals surface area contributed by atoms with E-state index in [1.807, 2.05) is 25.1 Å². The van der Waals surface area contributed by atoms with E-state index in [2.05, 4.69) is 12.6 Å². The Morgan fingerprint density at radius 2 is 2.06 bits per heavy atom. The summed E-state index contributed by atoms with van der Waals surface area (Å²) in [7, 11) is 0. The molecule has 0 spiro atoms. The van der Waals surface area contributed by atoms with Crippen molar-refractivity contribution in [1.29, 1.82) is 0 Å². The van der Waals surface area contributed by atoms with E-state index in [-0.39, 0.29) is 10.6 Å². The fraction of sp³-hybridized carbons (Fsp3) is 0.333. The second-order valence-corrected chi connectivity index (χ2v) is 4.11. The minimum absolute atomic E-state index is 0.177. The van der Waals surface area contributed by atoms with Gasteiger partial charge in [-0.1, -0.05) is 12.2 Å². The van der Waals surface area contributed by atoms with Crippen LogP contribution >= 0.6 is 12.6 Å². The smallest absolute Gasteiger partial charge is 0.258 e. The largest absolute Gasteiger partial charge is 0.272 e. The van der Waals surface area contributed by atoms with E-state index in [1.54, 1.807) is 13.0 Å². The van der Waals surface area contributed by atoms with Gasteiger partial charge in [0.05, 0.1) is 4.92 Å². The number of aryl methyl sites for hydroxylation is 2. The Kier molecular flexibility index (Phi) is 4.55. The summed E-state index contributed by atoms with van der Waals surface area (Å²) < 4.78 is 0. The normalized spacial score (nSPS) is 10.9. The summed E-state index contributed by atoms with van der Waals surface area (Å²) in [5, 5.41) is 10.8. The van der Waals surface area contributed by atoms with Crippen LogP contribution in [0.2, 0.25) is 0 Å². The second kappa shape index (κ2) is 5.70. The average Bonchev–Trinajstić information content (AvgIpc) is 2.21. The second-order valence-electron chi connectivity index (χ2n) is 3.67. The summed E-state index contributed by atoms with van der Waals surface area (Å²) in [5.41, 5.74) is 2.84. The molecule has 0 radical (unpaired) electrons. The number of hydrogen-bond donors (Lipinski definition) is 1. The summed E-state index contributed by atoms with van der Waals surface area (Å²) >= 11 is 4.10. The molecule has 3 nitrogen and oxygen atoms in total. The van der Waals surface area contributed by atoms with Gasteiger partial charge in [0.15, 0.2) is 0 Å². The molecule has 86 valence electrons. The van der Waals surface area contributed by atoms with Gasteiger partial charge in [0.25, 0.3) is 5.69 Å². The third-order valence-electron chi connectivity index (χ3n) is 2.37. The standard InChI is InChI=1S/C12H15NO2S/c1-9-7-10(2)12(13(14)15)8-11(9)5-3-4-6-16/h3,5,7-8,16H,4,6H2,1-2H3. The van der Waals surface area contributed by atoms with Gasteiger partial charge in [-0.3, -0.25) is 10.1 Å². The molecule has 0 aliphatic rings.